The second-order valence-electron chi connectivity index (χ2n) is 15.0. The van der Waals surface area contributed by atoms with Crippen molar-refractivity contribution >= 4 is 65.2 Å². The van der Waals surface area contributed by atoms with E-state index >= 15 is 0 Å². The molecule has 262 valence electrons. The van der Waals surface area contributed by atoms with Gasteiger partial charge in [-0.05, 0) is 86.1 Å². The third-order valence-electron chi connectivity index (χ3n) is 11.9. The SMILES string of the molecule is CC1C(c2ccccc2)=NC(C2=CC=CCC2)=NC1n1c2c(c3c4c(ccc31)sc1ccccc14)-c1ccccc1N(C1=CC=CCC1)C1=C2CCC=C1. The number of hydrogen-bond acceptors (Lipinski definition) is 4. The van der Waals surface area contributed by atoms with E-state index in [0.29, 0.717) is 0 Å². The summed E-state index contributed by atoms with van der Waals surface area (Å²) in [4.78, 5) is 13.7. The number of anilines is 1. The van der Waals surface area contributed by atoms with Crippen LogP contribution in [0.3, 0.4) is 0 Å². The molecule has 54 heavy (non-hydrogen) atoms. The Morgan fingerprint density at radius 2 is 1.52 bits per heavy atom. The fourth-order valence-corrected chi connectivity index (χ4v) is 10.5. The minimum absolute atomic E-state index is 0.0227. The van der Waals surface area contributed by atoms with Crippen molar-refractivity contribution in [1.29, 1.82) is 0 Å². The number of aliphatic imine (C=N–C) groups is 2. The van der Waals surface area contributed by atoms with E-state index in [-0.39, 0.29) is 12.1 Å². The van der Waals surface area contributed by atoms with E-state index in [1.807, 2.05) is 11.3 Å². The molecular weight excluding hydrogens is 677 g/mol. The Kier molecular flexibility index (Phi) is 7.44. The molecular formula is C49H40N4S. The summed E-state index contributed by atoms with van der Waals surface area (Å²) < 4.78 is 5.31. The third kappa shape index (κ3) is 4.81. The zero-order chi connectivity index (χ0) is 35.8. The van der Waals surface area contributed by atoms with Crippen molar-refractivity contribution < 1.29 is 0 Å². The molecule has 4 nitrogen and oxygen atoms in total. The molecule has 0 saturated carbocycles. The first-order valence-electron chi connectivity index (χ1n) is 19.5. The van der Waals surface area contributed by atoms with E-state index in [1.54, 1.807) is 0 Å². The van der Waals surface area contributed by atoms with Crippen LogP contribution in [0.1, 0.15) is 62.9 Å². The topological polar surface area (TPSA) is 32.9 Å². The number of fused-ring (bicyclic) bond motifs is 10. The fraction of sp³-hybridized carbons (Fsp3) is 0.184. The molecule has 4 heterocycles. The molecule has 2 unspecified atom stereocenters. The number of rotatable bonds is 4. The Morgan fingerprint density at radius 1 is 0.722 bits per heavy atom. The summed E-state index contributed by atoms with van der Waals surface area (Å²) >= 11 is 1.90. The summed E-state index contributed by atoms with van der Waals surface area (Å²) in [5.41, 5.74) is 13.9. The lowest BCUT2D eigenvalue weighted by Gasteiger charge is -2.34. The van der Waals surface area contributed by atoms with Gasteiger partial charge in [-0.3, -0.25) is 0 Å². The van der Waals surface area contributed by atoms with Gasteiger partial charge in [-0.1, -0.05) is 110 Å². The normalized spacial score (nSPS) is 20.7. The van der Waals surface area contributed by atoms with Gasteiger partial charge in [-0.2, -0.15) is 0 Å². The standard InChI is InChI=1S/C49H40N4S/c1-31-46(32-17-5-2-6-18-32)50-48(33-19-7-3-8-20-33)51-49(31)53-40-29-30-42-43(37-25-13-16-28-41(37)54-42)45(40)44-35-23-11-14-26-38(35)52(34-21-9-4-10-22-34)39-27-15-12-24-36(39)47(44)53/h2-7,9,11,13-19,21,23,25-31,49H,8,10,12,20,22,24H2,1H3. The molecule has 0 bridgehead atoms. The van der Waals surface area contributed by atoms with Crippen LogP contribution in [0.25, 0.3) is 47.8 Å². The van der Waals surface area contributed by atoms with Gasteiger partial charge in [0.1, 0.15) is 6.17 Å². The first kappa shape index (κ1) is 31.7. The second kappa shape index (κ2) is 12.7. The number of amidine groups is 1. The highest BCUT2D eigenvalue weighted by atomic mass is 32.1. The number of aromatic nitrogens is 1. The summed E-state index contributed by atoms with van der Waals surface area (Å²) in [5.74, 6) is 0.890. The van der Waals surface area contributed by atoms with E-state index in [2.05, 4.69) is 156 Å². The van der Waals surface area contributed by atoms with E-state index in [4.69, 9.17) is 9.98 Å². The highest BCUT2D eigenvalue weighted by Gasteiger charge is 2.39. The van der Waals surface area contributed by atoms with Crippen LogP contribution < -0.4 is 4.90 Å². The minimum Gasteiger partial charge on any atom is -0.316 e. The van der Waals surface area contributed by atoms with Crippen molar-refractivity contribution in [3.63, 3.8) is 0 Å². The van der Waals surface area contributed by atoms with Gasteiger partial charge in [0.2, 0.25) is 0 Å². The molecule has 2 atom stereocenters. The second-order valence-corrected chi connectivity index (χ2v) is 16.1. The van der Waals surface area contributed by atoms with Gasteiger partial charge in [0, 0.05) is 53.9 Å². The minimum atomic E-state index is -0.205. The molecule has 6 aromatic rings. The summed E-state index contributed by atoms with van der Waals surface area (Å²) in [5, 5.41) is 4.01. The van der Waals surface area contributed by atoms with Gasteiger partial charge in [0.05, 0.1) is 28.3 Å². The predicted octanol–water partition coefficient (Wildman–Crippen LogP) is 13.1. The largest absolute Gasteiger partial charge is 0.316 e. The summed E-state index contributed by atoms with van der Waals surface area (Å²) in [6.45, 7) is 2.34. The lowest BCUT2D eigenvalue weighted by atomic mass is 9.91. The van der Waals surface area contributed by atoms with Crippen molar-refractivity contribution in [1.82, 2.24) is 4.57 Å². The van der Waals surface area contributed by atoms with Crippen molar-refractivity contribution in [2.75, 3.05) is 4.90 Å². The highest BCUT2D eigenvalue weighted by molar-refractivity contribution is 7.26. The van der Waals surface area contributed by atoms with Crippen LogP contribution in [0, 0.1) is 5.92 Å². The smallest absolute Gasteiger partial charge is 0.152 e. The number of hydrogen-bond donors (Lipinski definition) is 0. The lowest BCUT2D eigenvalue weighted by Crippen LogP contribution is -2.31. The predicted molar refractivity (Wildman–Crippen MR) is 230 cm³/mol. The zero-order valence-electron chi connectivity index (χ0n) is 30.4. The fourth-order valence-electron chi connectivity index (χ4n) is 9.43. The maximum absolute atomic E-state index is 5.74. The van der Waals surface area contributed by atoms with E-state index in [9.17, 15) is 0 Å². The highest BCUT2D eigenvalue weighted by Crippen LogP contribution is 2.55. The molecule has 0 radical (unpaired) electrons. The van der Waals surface area contributed by atoms with E-state index in [0.717, 1.165) is 55.6 Å². The van der Waals surface area contributed by atoms with Gasteiger partial charge < -0.3 is 9.47 Å². The maximum Gasteiger partial charge on any atom is 0.152 e. The van der Waals surface area contributed by atoms with Gasteiger partial charge in [-0.25, -0.2) is 9.98 Å². The zero-order valence-corrected chi connectivity index (χ0v) is 31.2. The van der Waals surface area contributed by atoms with Gasteiger partial charge in [0.15, 0.2) is 5.84 Å². The van der Waals surface area contributed by atoms with Gasteiger partial charge in [-0.15, -0.1) is 11.3 Å². The summed E-state index contributed by atoms with van der Waals surface area (Å²) in [6, 6.07) is 33.7. The number of para-hydroxylation sites is 1. The Hall–Kier alpha value is -5.78. The number of nitrogens with zero attached hydrogens (tertiary/aromatic N) is 4. The first-order valence-corrected chi connectivity index (χ1v) is 20.3. The molecule has 3 aliphatic carbocycles. The quantitative estimate of drug-likeness (QED) is 0.179. The van der Waals surface area contributed by atoms with Crippen molar-refractivity contribution in [3.05, 3.63) is 168 Å². The molecule has 0 N–H and O–H groups in total. The number of benzene rings is 4. The van der Waals surface area contributed by atoms with Crippen molar-refractivity contribution in [3.8, 4) is 11.1 Å². The first-order chi connectivity index (χ1) is 26.7. The molecule has 4 aromatic carbocycles. The lowest BCUT2D eigenvalue weighted by molar-refractivity contribution is 0.449. The average Bonchev–Trinajstić information content (AvgIpc) is 3.75. The number of allylic oxidation sites excluding steroid dienone is 10. The molecule has 11 rings (SSSR count). The van der Waals surface area contributed by atoms with E-state index < -0.39 is 0 Å². The molecule has 2 aliphatic heterocycles. The van der Waals surface area contributed by atoms with Crippen LogP contribution in [0.5, 0.6) is 0 Å². The Morgan fingerprint density at radius 3 is 2.37 bits per heavy atom. The van der Waals surface area contributed by atoms with E-state index in [1.165, 1.54) is 76.1 Å². The monoisotopic (exact) mass is 716 g/mol. The third-order valence-corrected chi connectivity index (χ3v) is 13.0. The molecule has 2 aromatic heterocycles. The molecule has 0 fully saturated rings. The molecule has 5 heteroatoms. The Bertz CT molecular complexity index is 2790. The molecule has 5 aliphatic rings. The van der Waals surface area contributed by atoms with Crippen LogP contribution >= 0.6 is 11.3 Å². The number of thiophene rings is 1. The van der Waals surface area contributed by atoms with Crippen LogP contribution in [0.15, 0.2) is 167 Å². The van der Waals surface area contributed by atoms with Gasteiger partial charge >= 0.3 is 0 Å². The van der Waals surface area contributed by atoms with Crippen LogP contribution in [-0.2, 0) is 0 Å². The average molecular weight is 717 g/mol. The maximum atomic E-state index is 5.74. The molecule has 0 amide bonds. The molecule has 0 spiro atoms. The Balaban J connectivity index is 1.30. The van der Waals surface area contributed by atoms with Crippen molar-refractivity contribution in [2.24, 2.45) is 15.9 Å². The molecule has 0 saturated heterocycles. The van der Waals surface area contributed by atoms with Gasteiger partial charge in [0.25, 0.3) is 0 Å². The summed E-state index contributed by atoms with van der Waals surface area (Å²) in [6.07, 6.45) is 24.0. The van der Waals surface area contributed by atoms with Crippen LogP contribution in [0.2, 0.25) is 0 Å². The van der Waals surface area contributed by atoms with Crippen molar-refractivity contribution in [2.45, 2.75) is 51.6 Å². The van der Waals surface area contributed by atoms with Crippen LogP contribution in [0.4, 0.5) is 5.69 Å². The summed E-state index contributed by atoms with van der Waals surface area (Å²) in [7, 11) is 0. The van der Waals surface area contributed by atoms with Crippen LogP contribution in [-0.4, -0.2) is 16.1 Å². The Labute approximate surface area is 319 Å².